The predicted octanol–water partition coefficient (Wildman–Crippen LogP) is 3.73. The topological polar surface area (TPSA) is 29.5 Å². The van der Waals surface area contributed by atoms with E-state index < -0.39 is 6.10 Å². The monoisotopic (exact) mass is 306 g/mol. The van der Waals surface area contributed by atoms with Gasteiger partial charge < -0.3 is 9.84 Å². The Morgan fingerprint density at radius 2 is 1.89 bits per heavy atom. The van der Waals surface area contributed by atoms with Gasteiger partial charge >= 0.3 is 0 Å². The maximum atomic E-state index is 10.2. The van der Waals surface area contributed by atoms with Gasteiger partial charge in [-0.1, -0.05) is 40.2 Å². The van der Waals surface area contributed by atoms with Crippen molar-refractivity contribution in [1.29, 1.82) is 0 Å². The van der Waals surface area contributed by atoms with E-state index in [9.17, 15) is 5.11 Å². The summed E-state index contributed by atoms with van der Waals surface area (Å²) in [6.45, 7) is 0. The second-order valence-corrected chi connectivity index (χ2v) is 5.04. The second kappa shape index (κ2) is 6.03. The molecule has 1 atom stereocenters. The minimum atomic E-state index is -0.495. The first kappa shape index (κ1) is 13.1. The first-order valence-electron chi connectivity index (χ1n) is 5.75. The van der Waals surface area contributed by atoms with Crippen LogP contribution in [-0.4, -0.2) is 12.2 Å². The molecule has 94 valence electrons. The number of halogens is 1. The Balaban J connectivity index is 2.10. The van der Waals surface area contributed by atoms with E-state index in [0.717, 1.165) is 21.3 Å². The van der Waals surface area contributed by atoms with Crippen LogP contribution >= 0.6 is 15.9 Å². The number of hydrogen-bond donors (Lipinski definition) is 1. The third-order valence-corrected chi connectivity index (χ3v) is 3.35. The van der Waals surface area contributed by atoms with Crippen LogP contribution in [-0.2, 0) is 6.42 Å². The van der Waals surface area contributed by atoms with E-state index in [4.69, 9.17) is 4.74 Å². The molecule has 2 aromatic carbocycles. The summed E-state index contributed by atoms with van der Waals surface area (Å²) >= 11 is 3.38. The molecule has 18 heavy (non-hydrogen) atoms. The zero-order valence-corrected chi connectivity index (χ0v) is 11.7. The van der Waals surface area contributed by atoms with Gasteiger partial charge in [0.15, 0.2) is 0 Å². The molecule has 0 aliphatic carbocycles. The van der Waals surface area contributed by atoms with E-state index in [1.807, 2.05) is 48.5 Å². The molecule has 0 aromatic heterocycles. The highest BCUT2D eigenvalue weighted by Gasteiger charge is 2.08. The number of methoxy groups -OCH3 is 1. The summed E-state index contributed by atoms with van der Waals surface area (Å²) in [6.07, 6.45) is 0.0870. The number of aliphatic hydroxyl groups excluding tert-OH is 1. The average Bonchev–Trinajstić information content (AvgIpc) is 2.39. The zero-order valence-electron chi connectivity index (χ0n) is 10.1. The van der Waals surface area contributed by atoms with Gasteiger partial charge in [0.2, 0.25) is 0 Å². The smallest absolute Gasteiger partial charge is 0.119 e. The summed E-state index contributed by atoms with van der Waals surface area (Å²) in [5, 5.41) is 10.2. The second-order valence-electron chi connectivity index (χ2n) is 4.12. The van der Waals surface area contributed by atoms with E-state index >= 15 is 0 Å². The van der Waals surface area contributed by atoms with Crippen LogP contribution in [0.25, 0.3) is 0 Å². The van der Waals surface area contributed by atoms with E-state index in [1.54, 1.807) is 7.11 Å². The van der Waals surface area contributed by atoms with Crippen molar-refractivity contribution in [2.24, 2.45) is 0 Å². The lowest BCUT2D eigenvalue weighted by Crippen LogP contribution is -2.01. The summed E-state index contributed by atoms with van der Waals surface area (Å²) in [6, 6.07) is 15.5. The normalized spacial score (nSPS) is 12.2. The van der Waals surface area contributed by atoms with Crippen molar-refractivity contribution in [2.45, 2.75) is 12.5 Å². The van der Waals surface area contributed by atoms with E-state index in [2.05, 4.69) is 15.9 Å². The van der Waals surface area contributed by atoms with E-state index in [1.165, 1.54) is 0 Å². The Kier molecular flexibility index (Phi) is 4.39. The van der Waals surface area contributed by atoms with Gasteiger partial charge in [0, 0.05) is 10.9 Å². The molecule has 0 saturated heterocycles. The fourth-order valence-electron chi connectivity index (χ4n) is 1.83. The van der Waals surface area contributed by atoms with Gasteiger partial charge in [-0.15, -0.1) is 0 Å². The SMILES string of the molecule is COc1cccc(CC(O)c2ccc(Br)cc2)c1. The Labute approximate surface area is 115 Å². The molecule has 0 amide bonds. The number of hydrogen-bond acceptors (Lipinski definition) is 2. The van der Waals surface area contributed by atoms with Crippen LogP contribution in [0.4, 0.5) is 0 Å². The highest BCUT2D eigenvalue weighted by atomic mass is 79.9. The molecule has 2 aromatic rings. The molecule has 0 bridgehead atoms. The van der Waals surface area contributed by atoms with Crippen LogP contribution in [0, 0.1) is 0 Å². The van der Waals surface area contributed by atoms with Crippen molar-refractivity contribution in [3.05, 3.63) is 64.1 Å². The molecule has 0 radical (unpaired) electrons. The van der Waals surface area contributed by atoms with Gasteiger partial charge in [-0.2, -0.15) is 0 Å². The first-order valence-corrected chi connectivity index (χ1v) is 6.55. The van der Waals surface area contributed by atoms with Crippen molar-refractivity contribution in [1.82, 2.24) is 0 Å². The van der Waals surface area contributed by atoms with Gasteiger partial charge in [0.25, 0.3) is 0 Å². The molecule has 3 heteroatoms. The number of rotatable bonds is 4. The fraction of sp³-hybridized carbons (Fsp3) is 0.200. The highest BCUT2D eigenvalue weighted by molar-refractivity contribution is 9.10. The molecular weight excluding hydrogens is 292 g/mol. The van der Waals surface area contributed by atoms with Crippen molar-refractivity contribution in [2.75, 3.05) is 7.11 Å². The quantitative estimate of drug-likeness (QED) is 0.932. The lowest BCUT2D eigenvalue weighted by molar-refractivity contribution is 0.178. The molecule has 0 aliphatic rings. The van der Waals surface area contributed by atoms with Crippen molar-refractivity contribution in [3.8, 4) is 5.75 Å². The lowest BCUT2D eigenvalue weighted by Gasteiger charge is -2.12. The van der Waals surface area contributed by atoms with Gasteiger partial charge in [-0.05, 0) is 35.4 Å². The summed E-state index contributed by atoms with van der Waals surface area (Å²) < 4.78 is 6.18. The van der Waals surface area contributed by atoms with Crippen molar-refractivity contribution >= 4 is 15.9 Å². The maximum absolute atomic E-state index is 10.2. The minimum absolute atomic E-state index is 0.495. The number of aliphatic hydroxyl groups is 1. The minimum Gasteiger partial charge on any atom is -0.497 e. The molecule has 0 heterocycles. The van der Waals surface area contributed by atoms with Crippen LogP contribution in [0.2, 0.25) is 0 Å². The number of ether oxygens (including phenoxy) is 1. The molecule has 0 spiro atoms. The van der Waals surface area contributed by atoms with Crippen molar-refractivity contribution in [3.63, 3.8) is 0 Å². The lowest BCUT2D eigenvalue weighted by atomic mass is 10.0. The first-order chi connectivity index (χ1) is 8.69. The molecule has 0 aliphatic heterocycles. The molecule has 2 rings (SSSR count). The van der Waals surface area contributed by atoms with E-state index in [-0.39, 0.29) is 0 Å². The zero-order chi connectivity index (χ0) is 13.0. The highest BCUT2D eigenvalue weighted by Crippen LogP contribution is 2.22. The van der Waals surface area contributed by atoms with Crippen LogP contribution in [0.1, 0.15) is 17.2 Å². The molecule has 1 unspecified atom stereocenters. The molecule has 0 fully saturated rings. The third kappa shape index (κ3) is 3.34. The van der Waals surface area contributed by atoms with Gasteiger partial charge in [0.05, 0.1) is 13.2 Å². The molecular formula is C15H15BrO2. The van der Waals surface area contributed by atoms with Gasteiger partial charge in [-0.3, -0.25) is 0 Å². The van der Waals surface area contributed by atoms with Crippen LogP contribution in [0.3, 0.4) is 0 Å². The number of benzene rings is 2. The molecule has 1 N–H and O–H groups in total. The average molecular weight is 307 g/mol. The summed E-state index contributed by atoms with van der Waals surface area (Å²) in [7, 11) is 1.64. The summed E-state index contributed by atoms with van der Waals surface area (Å²) in [5.41, 5.74) is 1.98. The Morgan fingerprint density at radius 3 is 2.56 bits per heavy atom. The van der Waals surface area contributed by atoms with Gasteiger partial charge in [0.1, 0.15) is 5.75 Å². The summed E-state index contributed by atoms with van der Waals surface area (Å²) in [5.74, 6) is 0.815. The van der Waals surface area contributed by atoms with Crippen LogP contribution in [0.5, 0.6) is 5.75 Å². The Bertz CT molecular complexity index is 508. The standard InChI is InChI=1S/C15H15BrO2/c1-18-14-4-2-3-11(9-14)10-15(17)12-5-7-13(16)8-6-12/h2-9,15,17H,10H2,1H3. The molecule has 2 nitrogen and oxygen atoms in total. The maximum Gasteiger partial charge on any atom is 0.119 e. The predicted molar refractivity (Wildman–Crippen MR) is 75.8 cm³/mol. The van der Waals surface area contributed by atoms with E-state index in [0.29, 0.717) is 6.42 Å². The largest absolute Gasteiger partial charge is 0.497 e. The van der Waals surface area contributed by atoms with Crippen molar-refractivity contribution < 1.29 is 9.84 Å². The fourth-order valence-corrected chi connectivity index (χ4v) is 2.09. The summed E-state index contributed by atoms with van der Waals surface area (Å²) in [4.78, 5) is 0. The van der Waals surface area contributed by atoms with Crippen LogP contribution in [0.15, 0.2) is 53.0 Å². The van der Waals surface area contributed by atoms with Gasteiger partial charge in [-0.25, -0.2) is 0 Å². The van der Waals surface area contributed by atoms with Crippen LogP contribution < -0.4 is 4.74 Å². The Morgan fingerprint density at radius 1 is 1.17 bits per heavy atom. The third-order valence-electron chi connectivity index (χ3n) is 2.82. The Hall–Kier alpha value is -1.32. The molecule has 0 saturated carbocycles.